The number of halogens is 1. The lowest BCUT2D eigenvalue weighted by atomic mass is 10.1. The number of carbonyl (C=O) groups is 2. The molecule has 200 valence electrons. The Bertz CT molecular complexity index is 1410. The number of rotatable bonds is 13. The maximum absolute atomic E-state index is 14.0. The monoisotopic (exact) mass is 541 g/mol. The van der Waals surface area contributed by atoms with Gasteiger partial charge in [0.1, 0.15) is 12.6 Å². The van der Waals surface area contributed by atoms with Gasteiger partial charge in [-0.15, -0.1) is 10.2 Å². The molecule has 0 aliphatic rings. The first-order valence-corrected chi connectivity index (χ1v) is 12.9. The third-order valence-electron chi connectivity index (χ3n) is 5.84. The molecule has 0 radical (unpaired) electrons. The topological polar surface area (TPSA) is 131 Å². The van der Waals surface area contributed by atoms with Crippen molar-refractivity contribution >= 4 is 34.5 Å². The summed E-state index contributed by atoms with van der Waals surface area (Å²) >= 11 is 1.11. The van der Waals surface area contributed by atoms with Gasteiger partial charge in [-0.3, -0.25) is 9.36 Å². The molecule has 10 nitrogen and oxygen atoms in total. The number of hydrogen-bond donors (Lipinski definition) is 3. The number of fused-ring (bicyclic) bond motifs is 1. The van der Waals surface area contributed by atoms with Gasteiger partial charge in [-0.25, -0.2) is 9.18 Å². The summed E-state index contributed by atoms with van der Waals surface area (Å²) in [5.74, 6) is -1.63. The smallest absolute Gasteiger partial charge is 0.326 e. The van der Waals surface area contributed by atoms with Crippen LogP contribution in [-0.4, -0.2) is 62.2 Å². The molecule has 2 heterocycles. The molecular formula is C26H28FN5O5S. The zero-order valence-electron chi connectivity index (χ0n) is 20.9. The SMILES string of the molecule is COC[C@@H](C)n1c(COc2ccccc2F)nnc1SCC(=O)N[C@@H](Cc1c[nH]c2ccccc12)C(=O)O. The van der Waals surface area contributed by atoms with Crippen LogP contribution < -0.4 is 10.1 Å². The molecule has 2 atom stereocenters. The van der Waals surface area contributed by atoms with Crippen LogP contribution in [0.2, 0.25) is 0 Å². The van der Waals surface area contributed by atoms with E-state index in [-0.39, 0.29) is 30.6 Å². The van der Waals surface area contributed by atoms with E-state index in [4.69, 9.17) is 9.47 Å². The number of aromatic amines is 1. The first kappa shape index (κ1) is 27.1. The van der Waals surface area contributed by atoms with Gasteiger partial charge < -0.3 is 24.9 Å². The van der Waals surface area contributed by atoms with Crippen molar-refractivity contribution in [1.29, 1.82) is 0 Å². The van der Waals surface area contributed by atoms with Crippen LogP contribution in [0.3, 0.4) is 0 Å². The number of H-pyrrole nitrogens is 1. The molecule has 0 bridgehead atoms. The molecule has 2 aromatic carbocycles. The highest BCUT2D eigenvalue weighted by Gasteiger charge is 2.24. The second kappa shape index (κ2) is 12.6. The molecule has 4 aromatic rings. The first-order valence-electron chi connectivity index (χ1n) is 11.9. The number of carboxylic acid groups (broad SMARTS) is 1. The predicted molar refractivity (Wildman–Crippen MR) is 140 cm³/mol. The highest BCUT2D eigenvalue weighted by molar-refractivity contribution is 7.99. The molecule has 3 N–H and O–H groups in total. The number of amides is 1. The largest absolute Gasteiger partial charge is 0.483 e. The maximum atomic E-state index is 14.0. The van der Waals surface area contributed by atoms with Gasteiger partial charge in [-0.2, -0.15) is 0 Å². The number of ether oxygens (including phenoxy) is 2. The quantitative estimate of drug-likeness (QED) is 0.219. The minimum Gasteiger partial charge on any atom is -0.483 e. The van der Waals surface area contributed by atoms with Gasteiger partial charge in [-0.1, -0.05) is 42.1 Å². The second-order valence-corrected chi connectivity index (χ2v) is 9.55. The molecule has 4 rings (SSSR count). The van der Waals surface area contributed by atoms with Crippen molar-refractivity contribution in [2.45, 2.75) is 37.2 Å². The summed E-state index contributed by atoms with van der Waals surface area (Å²) in [6.45, 7) is 2.20. The lowest BCUT2D eigenvalue weighted by molar-refractivity contribution is -0.141. The van der Waals surface area contributed by atoms with Crippen molar-refractivity contribution in [3.8, 4) is 5.75 Å². The van der Waals surface area contributed by atoms with E-state index in [0.717, 1.165) is 28.2 Å². The lowest BCUT2D eigenvalue weighted by Gasteiger charge is -2.18. The maximum Gasteiger partial charge on any atom is 0.326 e. The Hall–Kier alpha value is -3.90. The number of hydrogen-bond acceptors (Lipinski definition) is 7. The Balaban J connectivity index is 1.42. The minimum atomic E-state index is -1.13. The van der Waals surface area contributed by atoms with Crippen molar-refractivity contribution in [2.75, 3.05) is 19.5 Å². The number of thioether (sulfide) groups is 1. The van der Waals surface area contributed by atoms with Crippen LogP contribution >= 0.6 is 11.8 Å². The van der Waals surface area contributed by atoms with E-state index < -0.39 is 23.7 Å². The highest BCUT2D eigenvalue weighted by atomic mass is 32.2. The number of benzene rings is 2. The molecule has 12 heteroatoms. The van der Waals surface area contributed by atoms with Crippen LogP contribution in [-0.2, 0) is 27.4 Å². The van der Waals surface area contributed by atoms with Crippen molar-refractivity contribution < 1.29 is 28.6 Å². The number of nitrogens with zero attached hydrogens (tertiary/aromatic N) is 3. The van der Waals surface area contributed by atoms with E-state index in [1.54, 1.807) is 30.0 Å². The molecule has 0 aliphatic heterocycles. The van der Waals surface area contributed by atoms with Gasteiger partial charge in [0.25, 0.3) is 0 Å². The fourth-order valence-corrected chi connectivity index (χ4v) is 4.92. The van der Waals surface area contributed by atoms with Crippen LogP contribution in [0.4, 0.5) is 4.39 Å². The Labute approximate surface area is 222 Å². The first-order chi connectivity index (χ1) is 18.4. The van der Waals surface area contributed by atoms with Crippen molar-refractivity contribution in [3.63, 3.8) is 0 Å². The zero-order chi connectivity index (χ0) is 27.1. The number of para-hydroxylation sites is 2. The Kier molecular flexibility index (Phi) is 8.98. The predicted octanol–water partition coefficient (Wildman–Crippen LogP) is 3.59. The van der Waals surface area contributed by atoms with E-state index in [0.29, 0.717) is 17.6 Å². The number of carbonyl (C=O) groups excluding carboxylic acids is 1. The number of methoxy groups -OCH3 is 1. The number of aromatic nitrogens is 4. The molecule has 0 spiro atoms. The van der Waals surface area contributed by atoms with Crippen LogP contribution in [0.1, 0.15) is 24.4 Å². The summed E-state index contributed by atoms with van der Waals surface area (Å²) in [5, 5.41) is 22.0. The van der Waals surface area contributed by atoms with Crippen LogP contribution in [0, 0.1) is 5.82 Å². The lowest BCUT2D eigenvalue weighted by Crippen LogP contribution is -2.43. The summed E-state index contributed by atoms with van der Waals surface area (Å²) in [7, 11) is 1.57. The van der Waals surface area contributed by atoms with Crippen LogP contribution in [0.25, 0.3) is 10.9 Å². The average Bonchev–Trinajstić information content (AvgIpc) is 3.50. The molecule has 0 fully saturated rings. The fraction of sp³-hybridized carbons (Fsp3) is 0.308. The van der Waals surface area contributed by atoms with Crippen LogP contribution in [0.15, 0.2) is 59.9 Å². The van der Waals surface area contributed by atoms with E-state index in [2.05, 4.69) is 20.5 Å². The average molecular weight is 542 g/mol. The third kappa shape index (κ3) is 6.50. The number of nitrogens with one attached hydrogen (secondary N) is 2. The Morgan fingerprint density at radius 1 is 1.18 bits per heavy atom. The summed E-state index contributed by atoms with van der Waals surface area (Å²) in [6.07, 6.45) is 1.89. The number of carboxylic acids is 1. The zero-order valence-corrected chi connectivity index (χ0v) is 21.7. The molecule has 38 heavy (non-hydrogen) atoms. The molecule has 2 aromatic heterocycles. The van der Waals surface area contributed by atoms with Crippen molar-refractivity contribution in [3.05, 3.63) is 71.9 Å². The van der Waals surface area contributed by atoms with E-state index in [1.807, 2.05) is 31.2 Å². The highest BCUT2D eigenvalue weighted by Crippen LogP contribution is 2.24. The standard InChI is InChI=1S/C26H28FN5O5S/c1-16(13-36-2)32-23(14-37-22-10-6-4-8-19(22)27)30-31-26(32)38-15-24(33)29-21(25(34)35)11-17-12-28-20-9-5-3-7-18(17)20/h3-10,12,16,21,28H,11,13-15H2,1-2H3,(H,29,33)(H,34,35)/t16-,21+/m1/s1. The number of aliphatic carboxylic acids is 1. The second-order valence-electron chi connectivity index (χ2n) is 8.60. The van der Waals surface area contributed by atoms with E-state index in [9.17, 15) is 19.1 Å². The summed E-state index contributed by atoms with van der Waals surface area (Å²) < 4.78 is 26.6. The molecule has 1 amide bonds. The van der Waals surface area contributed by atoms with E-state index >= 15 is 0 Å². The summed E-state index contributed by atoms with van der Waals surface area (Å²) in [5.41, 5.74) is 1.70. The molecule has 0 unspecified atom stereocenters. The molecular weight excluding hydrogens is 513 g/mol. The van der Waals surface area contributed by atoms with Gasteiger partial charge in [0, 0.05) is 30.6 Å². The van der Waals surface area contributed by atoms with Gasteiger partial charge in [0.15, 0.2) is 22.5 Å². The van der Waals surface area contributed by atoms with Crippen molar-refractivity contribution in [1.82, 2.24) is 25.1 Å². The molecule has 0 saturated heterocycles. The Morgan fingerprint density at radius 2 is 1.95 bits per heavy atom. The molecule has 0 aliphatic carbocycles. The van der Waals surface area contributed by atoms with Gasteiger partial charge in [0.05, 0.1) is 18.4 Å². The summed E-state index contributed by atoms with van der Waals surface area (Å²) in [4.78, 5) is 27.7. The molecule has 0 saturated carbocycles. The summed E-state index contributed by atoms with van der Waals surface area (Å²) in [6, 6.07) is 12.3. The van der Waals surface area contributed by atoms with Crippen molar-refractivity contribution in [2.24, 2.45) is 0 Å². The third-order valence-corrected chi connectivity index (χ3v) is 6.78. The van der Waals surface area contributed by atoms with Gasteiger partial charge in [-0.05, 0) is 30.7 Å². The fourth-order valence-electron chi connectivity index (χ4n) is 4.05. The Morgan fingerprint density at radius 3 is 2.71 bits per heavy atom. The normalized spacial score (nSPS) is 12.8. The van der Waals surface area contributed by atoms with E-state index in [1.165, 1.54) is 12.1 Å². The van der Waals surface area contributed by atoms with Gasteiger partial charge in [0.2, 0.25) is 5.91 Å². The van der Waals surface area contributed by atoms with Gasteiger partial charge >= 0.3 is 5.97 Å². The van der Waals surface area contributed by atoms with Crippen LogP contribution in [0.5, 0.6) is 5.75 Å². The minimum absolute atomic E-state index is 0.0412.